The predicted octanol–water partition coefficient (Wildman–Crippen LogP) is 3.44. The van der Waals surface area contributed by atoms with E-state index in [4.69, 9.17) is 4.42 Å². The van der Waals surface area contributed by atoms with Gasteiger partial charge in [-0.05, 0) is 33.3 Å². The fraction of sp³-hybridized carbons (Fsp3) is 0.417. The van der Waals surface area contributed by atoms with Crippen molar-refractivity contribution < 1.29 is 9.21 Å². The van der Waals surface area contributed by atoms with Crippen LogP contribution in [-0.4, -0.2) is 5.78 Å². The maximum Gasteiger partial charge on any atom is 0.166 e. The number of aryl methyl sites for hydroxylation is 2. The molecule has 1 aromatic heterocycles. The zero-order valence-electron chi connectivity index (χ0n) is 9.02. The molecular weight excluding hydrogens is 176 g/mol. The summed E-state index contributed by atoms with van der Waals surface area (Å²) in [5, 5.41) is 0. The second-order valence-electron chi connectivity index (χ2n) is 3.71. The molecule has 0 saturated heterocycles. The predicted molar refractivity (Wildman–Crippen MR) is 56.6 cm³/mol. The molecule has 0 N–H and O–H groups in total. The number of hydrogen-bond donors (Lipinski definition) is 0. The van der Waals surface area contributed by atoms with Gasteiger partial charge in [0, 0.05) is 6.42 Å². The van der Waals surface area contributed by atoms with E-state index in [0.29, 0.717) is 17.7 Å². The van der Waals surface area contributed by atoms with E-state index in [9.17, 15) is 4.79 Å². The molecule has 0 aliphatic rings. The molecule has 1 rings (SSSR count). The SMILES string of the molecule is C=C(C)CCC(=O)c1cc(C)oc1C. The van der Waals surface area contributed by atoms with Gasteiger partial charge in [-0.15, -0.1) is 6.58 Å². The highest BCUT2D eigenvalue weighted by atomic mass is 16.3. The zero-order chi connectivity index (χ0) is 10.7. The first kappa shape index (κ1) is 10.8. The van der Waals surface area contributed by atoms with Crippen LogP contribution in [0.25, 0.3) is 0 Å². The normalized spacial score (nSPS) is 10.2. The van der Waals surface area contributed by atoms with Crippen LogP contribution >= 0.6 is 0 Å². The fourth-order valence-corrected chi connectivity index (χ4v) is 1.37. The third-order valence-electron chi connectivity index (χ3n) is 2.12. The van der Waals surface area contributed by atoms with Gasteiger partial charge in [-0.1, -0.05) is 5.57 Å². The first-order valence-electron chi connectivity index (χ1n) is 4.75. The summed E-state index contributed by atoms with van der Waals surface area (Å²) < 4.78 is 5.30. The van der Waals surface area contributed by atoms with Crippen LogP contribution in [0.2, 0.25) is 0 Å². The Bertz CT molecular complexity index is 358. The summed E-state index contributed by atoms with van der Waals surface area (Å²) in [6.07, 6.45) is 1.28. The second-order valence-corrected chi connectivity index (χ2v) is 3.71. The Morgan fingerprint density at radius 2 is 2.07 bits per heavy atom. The first-order chi connectivity index (χ1) is 6.50. The minimum Gasteiger partial charge on any atom is -0.466 e. The number of allylic oxidation sites excluding steroid dienone is 1. The van der Waals surface area contributed by atoms with Crippen molar-refractivity contribution in [3.8, 4) is 0 Å². The van der Waals surface area contributed by atoms with Gasteiger partial charge < -0.3 is 4.42 Å². The Labute approximate surface area is 84.6 Å². The molecule has 0 aromatic carbocycles. The molecule has 2 nitrogen and oxygen atoms in total. The maximum atomic E-state index is 11.7. The van der Waals surface area contributed by atoms with Crippen LogP contribution in [0.1, 0.15) is 41.6 Å². The van der Waals surface area contributed by atoms with Gasteiger partial charge in [0.2, 0.25) is 0 Å². The van der Waals surface area contributed by atoms with Crippen molar-refractivity contribution in [1.82, 2.24) is 0 Å². The molecule has 0 atom stereocenters. The summed E-state index contributed by atoms with van der Waals surface area (Å²) in [5.41, 5.74) is 1.75. The van der Waals surface area contributed by atoms with Gasteiger partial charge >= 0.3 is 0 Å². The Balaban J connectivity index is 2.69. The van der Waals surface area contributed by atoms with Crippen LogP contribution in [0.3, 0.4) is 0 Å². The van der Waals surface area contributed by atoms with Crippen molar-refractivity contribution in [2.75, 3.05) is 0 Å². The lowest BCUT2D eigenvalue weighted by Crippen LogP contribution is -1.99. The van der Waals surface area contributed by atoms with Crippen molar-refractivity contribution >= 4 is 5.78 Å². The van der Waals surface area contributed by atoms with E-state index < -0.39 is 0 Å². The molecule has 2 heteroatoms. The number of furan rings is 1. The highest BCUT2D eigenvalue weighted by Crippen LogP contribution is 2.17. The van der Waals surface area contributed by atoms with E-state index in [1.165, 1.54) is 0 Å². The quantitative estimate of drug-likeness (QED) is 0.540. The van der Waals surface area contributed by atoms with Crippen LogP contribution in [-0.2, 0) is 0 Å². The molecule has 0 aliphatic carbocycles. The molecule has 0 unspecified atom stereocenters. The lowest BCUT2D eigenvalue weighted by molar-refractivity contribution is 0.0981. The van der Waals surface area contributed by atoms with Crippen molar-refractivity contribution in [2.24, 2.45) is 0 Å². The summed E-state index contributed by atoms with van der Waals surface area (Å²) in [5.74, 6) is 1.65. The van der Waals surface area contributed by atoms with E-state index in [1.54, 1.807) is 6.07 Å². The van der Waals surface area contributed by atoms with Crippen molar-refractivity contribution in [3.05, 3.63) is 35.3 Å². The van der Waals surface area contributed by atoms with Crippen molar-refractivity contribution in [2.45, 2.75) is 33.6 Å². The maximum absolute atomic E-state index is 11.7. The van der Waals surface area contributed by atoms with Gasteiger partial charge in [-0.2, -0.15) is 0 Å². The van der Waals surface area contributed by atoms with Crippen LogP contribution in [0.5, 0.6) is 0 Å². The minimum atomic E-state index is 0.141. The number of ketones is 1. The first-order valence-corrected chi connectivity index (χ1v) is 4.75. The van der Waals surface area contributed by atoms with Gasteiger partial charge in [0.1, 0.15) is 11.5 Å². The lowest BCUT2D eigenvalue weighted by Gasteiger charge is -1.98. The van der Waals surface area contributed by atoms with Crippen LogP contribution < -0.4 is 0 Å². The Morgan fingerprint density at radius 3 is 2.50 bits per heavy atom. The number of rotatable bonds is 4. The third-order valence-corrected chi connectivity index (χ3v) is 2.12. The summed E-state index contributed by atoms with van der Waals surface area (Å²) in [6.45, 7) is 9.37. The highest BCUT2D eigenvalue weighted by molar-refractivity contribution is 5.97. The van der Waals surface area contributed by atoms with Gasteiger partial charge in [-0.25, -0.2) is 0 Å². The number of Topliss-reactive ketones (excluding diaryl/α,β-unsaturated/α-hetero) is 1. The van der Waals surface area contributed by atoms with E-state index in [1.807, 2.05) is 20.8 Å². The molecule has 0 fully saturated rings. The minimum absolute atomic E-state index is 0.141. The Morgan fingerprint density at radius 1 is 1.43 bits per heavy atom. The topological polar surface area (TPSA) is 30.2 Å². The van der Waals surface area contributed by atoms with Gasteiger partial charge in [0.05, 0.1) is 5.56 Å². The van der Waals surface area contributed by atoms with Crippen LogP contribution in [0.4, 0.5) is 0 Å². The monoisotopic (exact) mass is 192 g/mol. The highest BCUT2D eigenvalue weighted by Gasteiger charge is 2.12. The average Bonchev–Trinajstić information content (AvgIpc) is 2.41. The number of hydrogen-bond acceptors (Lipinski definition) is 2. The van der Waals surface area contributed by atoms with Crippen LogP contribution in [0, 0.1) is 13.8 Å². The molecule has 0 bridgehead atoms. The van der Waals surface area contributed by atoms with Gasteiger partial charge in [-0.3, -0.25) is 4.79 Å². The van der Waals surface area contributed by atoms with E-state index in [0.717, 1.165) is 17.8 Å². The van der Waals surface area contributed by atoms with Gasteiger partial charge in [0.15, 0.2) is 5.78 Å². The molecule has 1 aromatic rings. The van der Waals surface area contributed by atoms with Crippen molar-refractivity contribution in [3.63, 3.8) is 0 Å². The number of carbonyl (C=O) groups is 1. The van der Waals surface area contributed by atoms with Crippen LogP contribution in [0.15, 0.2) is 22.6 Å². The summed E-state index contributed by atoms with van der Waals surface area (Å²) in [4.78, 5) is 11.7. The smallest absolute Gasteiger partial charge is 0.166 e. The standard InChI is InChI=1S/C12H16O2/c1-8(2)5-6-12(13)11-7-9(3)14-10(11)4/h7H,1,5-6H2,2-4H3. The molecule has 1 heterocycles. The Hall–Kier alpha value is -1.31. The molecule has 0 saturated carbocycles. The van der Waals surface area contributed by atoms with E-state index in [-0.39, 0.29) is 5.78 Å². The molecule has 0 radical (unpaired) electrons. The fourth-order valence-electron chi connectivity index (χ4n) is 1.37. The molecule has 0 spiro atoms. The number of carbonyl (C=O) groups excluding carboxylic acids is 1. The summed E-state index contributed by atoms with van der Waals surface area (Å²) in [6, 6.07) is 1.80. The van der Waals surface area contributed by atoms with Crippen molar-refractivity contribution in [1.29, 1.82) is 0 Å². The molecular formula is C12H16O2. The molecule has 0 amide bonds. The van der Waals surface area contributed by atoms with Gasteiger partial charge in [0.25, 0.3) is 0 Å². The Kier molecular flexibility index (Phi) is 3.28. The van der Waals surface area contributed by atoms with E-state index in [2.05, 4.69) is 6.58 Å². The molecule has 14 heavy (non-hydrogen) atoms. The molecule has 0 aliphatic heterocycles. The second kappa shape index (κ2) is 4.27. The summed E-state index contributed by atoms with van der Waals surface area (Å²) >= 11 is 0. The molecule has 76 valence electrons. The lowest BCUT2D eigenvalue weighted by atomic mass is 10.0. The van der Waals surface area contributed by atoms with E-state index >= 15 is 0 Å². The summed E-state index contributed by atoms with van der Waals surface area (Å²) in [7, 11) is 0. The zero-order valence-corrected chi connectivity index (χ0v) is 9.02. The average molecular weight is 192 g/mol. The third kappa shape index (κ3) is 2.59. The largest absolute Gasteiger partial charge is 0.466 e.